The van der Waals surface area contributed by atoms with Gasteiger partial charge in [-0.1, -0.05) is 13.8 Å². The fourth-order valence-electron chi connectivity index (χ4n) is 3.20. The van der Waals surface area contributed by atoms with Gasteiger partial charge in [0.2, 0.25) is 10.0 Å². The molecular formula is C18H30N4O3S. The number of benzene rings is 1. The Hall–Kier alpha value is -1.64. The monoisotopic (exact) mass is 382 g/mol. The Kier molecular flexibility index (Phi) is 7.43. The van der Waals surface area contributed by atoms with E-state index in [1.807, 2.05) is 0 Å². The highest BCUT2D eigenvalue weighted by Gasteiger charge is 2.26. The molecular weight excluding hydrogens is 352 g/mol. The van der Waals surface area contributed by atoms with E-state index in [0.717, 1.165) is 31.6 Å². The third-order valence-electron chi connectivity index (χ3n) is 4.67. The van der Waals surface area contributed by atoms with Crippen molar-refractivity contribution >= 4 is 21.6 Å². The maximum absolute atomic E-state index is 12.8. The highest BCUT2D eigenvalue weighted by atomic mass is 32.2. The molecule has 1 aliphatic rings. The predicted molar refractivity (Wildman–Crippen MR) is 104 cm³/mol. The predicted octanol–water partition coefficient (Wildman–Crippen LogP) is 1.40. The van der Waals surface area contributed by atoms with Crippen molar-refractivity contribution in [2.45, 2.75) is 38.0 Å². The first-order chi connectivity index (χ1) is 12.5. The normalized spacial score (nSPS) is 14.8. The van der Waals surface area contributed by atoms with Crippen molar-refractivity contribution in [3.63, 3.8) is 0 Å². The van der Waals surface area contributed by atoms with Gasteiger partial charge in [-0.25, -0.2) is 8.42 Å². The van der Waals surface area contributed by atoms with Crippen LogP contribution in [0.5, 0.6) is 0 Å². The summed E-state index contributed by atoms with van der Waals surface area (Å²) in [6.45, 7) is 7.13. The number of nitrogens with one attached hydrogen (secondary N) is 1. The van der Waals surface area contributed by atoms with Gasteiger partial charge in [-0.2, -0.15) is 4.31 Å². The van der Waals surface area contributed by atoms with Crippen LogP contribution in [0.3, 0.4) is 0 Å². The number of nitrogens with zero attached hydrogens (tertiary/aromatic N) is 2. The molecule has 1 saturated heterocycles. The molecule has 0 aromatic heterocycles. The third kappa shape index (κ3) is 4.55. The van der Waals surface area contributed by atoms with Crippen LogP contribution in [0.1, 0.15) is 43.5 Å². The van der Waals surface area contributed by atoms with Crippen molar-refractivity contribution < 1.29 is 13.2 Å². The molecule has 3 N–H and O–H groups in total. The lowest BCUT2D eigenvalue weighted by Gasteiger charge is -2.23. The molecule has 1 aromatic carbocycles. The van der Waals surface area contributed by atoms with Crippen LogP contribution in [0.25, 0.3) is 0 Å². The number of rotatable bonds is 9. The van der Waals surface area contributed by atoms with Gasteiger partial charge >= 0.3 is 0 Å². The molecule has 0 atom stereocenters. The Morgan fingerprint density at radius 1 is 1.23 bits per heavy atom. The molecule has 0 aliphatic carbocycles. The maximum Gasteiger partial charge on any atom is 0.253 e. The Labute approximate surface area is 156 Å². The smallest absolute Gasteiger partial charge is 0.253 e. The number of hydrogen-bond donors (Lipinski definition) is 2. The van der Waals surface area contributed by atoms with E-state index in [0.29, 0.717) is 38.2 Å². The molecule has 0 saturated carbocycles. The van der Waals surface area contributed by atoms with E-state index in [2.05, 4.69) is 10.2 Å². The molecule has 0 bridgehead atoms. The lowest BCUT2D eigenvalue weighted by atomic mass is 10.1. The molecule has 0 radical (unpaired) electrons. The second-order valence-electron chi connectivity index (χ2n) is 6.36. The van der Waals surface area contributed by atoms with Gasteiger partial charge in [0, 0.05) is 38.4 Å². The SMILES string of the molecule is CCN(CC)S(=O)(=O)c1ccc(N2CCCC2)c(C(=O)NCCCN)c1. The molecule has 1 aromatic rings. The van der Waals surface area contributed by atoms with Crippen LogP contribution in [0.15, 0.2) is 23.1 Å². The zero-order chi connectivity index (χ0) is 19.2. The van der Waals surface area contributed by atoms with Crippen LogP contribution in [0.2, 0.25) is 0 Å². The summed E-state index contributed by atoms with van der Waals surface area (Å²) in [4.78, 5) is 15.0. The van der Waals surface area contributed by atoms with Gasteiger partial charge in [0.1, 0.15) is 0 Å². The summed E-state index contributed by atoms with van der Waals surface area (Å²) in [5.74, 6) is -0.253. The van der Waals surface area contributed by atoms with Gasteiger partial charge in [0.05, 0.1) is 10.5 Å². The van der Waals surface area contributed by atoms with Crippen LogP contribution in [-0.4, -0.2) is 57.9 Å². The van der Waals surface area contributed by atoms with E-state index in [-0.39, 0.29) is 10.8 Å². The highest BCUT2D eigenvalue weighted by molar-refractivity contribution is 7.89. The lowest BCUT2D eigenvalue weighted by Crippen LogP contribution is -2.32. The topological polar surface area (TPSA) is 95.7 Å². The first-order valence-electron chi connectivity index (χ1n) is 9.33. The molecule has 8 heteroatoms. The number of sulfonamides is 1. The van der Waals surface area contributed by atoms with Crippen LogP contribution in [0.4, 0.5) is 5.69 Å². The maximum atomic E-state index is 12.8. The zero-order valence-corrected chi connectivity index (χ0v) is 16.5. The van der Waals surface area contributed by atoms with Gasteiger partial charge < -0.3 is 16.0 Å². The Bertz CT molecular complexity index is 711. The lowest BCUT2D eigenvalue weighted by molar-refractivity contribution is 0.0954. The van der Waals surface area contributed by atoms with Gasteiger partial charge in [-0.3, -0.25) is 4.79 Å². The number of amides is 1. The molecule has 146 valence electrons. The minimum absolute atomic E-state index is 0.160. The molecule has 1 amide bonds. The molecule has 1 fully saturated rings. The zero-order valence-electron chi connectivity index (χ0n) is 15.7. The summed E-state index contributed by atoms with van der Waals surface area (Å²) in [6, 6.07) is 4.89. The standard InChI is InChI=1S/C18H30N4O3S/c1-3-22(4-2)26(24,25)15-8-9-17(21-12-5-6-13-21)16(14-15)18(23)20-11-7-10-19/h8-9,14H,3-7,10-13,19H2,1-2H3,(H,20,23). The second-order valence-corrected chi connectivity index (χ2v) is 8.30. The van der Waals surface area contributed by atoms with Crippen LogP contribution in [0, 0.1) is 0 Å². The average Bonchev–Trinajstić information content (AvgIpc) is 3.16. The summed E-state index contributed by atoms with van der Waals surface area (Å²) in [5.41, 5.74) is 6.70. The van der Waals surface area contributed by atoms with Crippen molar-refractivity contribution in [3.05, 3.63) is 23.8 Å². The minimum Gasteiger partial charge on any atom is -0.371 e. The first-order valence-corrected chi connectivity index (χ1v) is 10.8. The Morgan fingerprint density at radius 2 is 1.88 bits per heavy atom. The minimum atomic E-state index is -3.61. The van der Waals surface area contributed by atoms with Crippen LogP contribution < -0.4 is 16.0 Å². The van der Waals surface area contributed by atoms with E-state index in [1.165, 1.54) is 10.4 Å². The van der Waals surface area contributed by atoms with Crippen molar-refractivity contribution in [1.82, 2.24) is 9.62 Å². The third-order valence-corrected chi connectivity index (χ3v) is 6.71. The first kappa shape index (κ1) is 20.7. The summed E-state index contributed by atoms with van der Waals surface area (Å²) in [7, 11) is -3.61. The number of hydrogen-bond acceptors (Lipinski definition) is 5. The molecule has 0 spiro atoms. The Balaban J connectivity index is 2.41. The molecule has 1 heterocycles. The molecule has 0 unspecified atom stereocenters. The summed E-state index contributed by atoms with van der Waals surface area (Å²) < 4.78 is 27.0. The number of carbonyl (C=O) groups excluding carboxylic acids is 1. The van der Waals surface area contributed by atoms with Crippen LogP contribution >= 0.6 is 0 Å². The van der Waals surface area contributed by atoms with Crippen molar-refractivity contribution in [1.29, 1.82) is 0 Å². The van der Waals surface area contributed by atoms with Gasteiger partial charge in [0.25, 0.3) is 5.91 Å². The van der Waals surface area contributed by atoms with Crippen LogP contribution in [-0.2, 0) is 10.0 Å². The fourth-order valence-corrected chi connectivity index (χ4v) is 4.69. The van der Waals surface area contributed by atoms with E-state index in [9.17, 15) is 13.2 Å². The number of nitrogens with two attached hydrogens (primary N) is 1. The van der Waals surface area contributed by atoms with Gasteiger partial charge in [-0.05, 0) is 44.0 Å². The van der Waals surface area contributed by atoms with Gasteiger partial charge in [-0.15, -0.1) is 0 Å². The van der Waals surface area contributed by atoms with Crippen molar-refractivity contribution in [2.75, 3.05) is 44.2 Å². The molecule has 2 rings (SSSR count). The van der Waals surface area contributed by atoms with E-state index in [4.69, 9.17) is 5.73 Å². The molecule has 26 heavy (non-hydrogen) atoms. The largest absolute Gasteiger partial charge is 0.371 e. The Morgan fingerprint density at radius 3 is 2.46 bits per heavy atom. The molecule has 1 aliphatic heterocycles. The number of carbonyl (C=O) groups is 1. The number of anilines is 1. The van der Waals surface area contributed by atoms with Crippen molar-refractivity contribution in [3.8, 4) is 0 Å². The highest BCUT2D eigenvalue weighted by Crippen LogP contribution is 2.28. The quantitative estimate of drug-likeness (QED) is 0.630. The molecule has 7 nitrogen and oxygen atoms in total. The van der Waals surface area contributed by atoms with E-state index in [1.54, 1.807) is 26.0 Å². The van der Waals surface area contributed by atoms with E-state index >= 15 is 0 Å². The summed E-state index contributed by atoms with van der Waals surface area (Å²) in [6.07, 6.45) is 2.84. The van der Waals surface area contributed by atoms with Crippen molar-refractivity contribution in [2.24, 2.45) is 5.73 Å². The summed E-state index contributed by atoms with van der Waals surface area (Å²) >= 11 is 0. The second kappa shape index (κ2) is 9.34. The summed E-state index contributed by atoms with van der Waals surface area (Å²) in [5, 5.41) is 2.85. The van der Waals surface area contributed by atoms with Gasteiger partial charge in [0.15, 0.2) is 0 Å². The average molecular weight is 383 g/mol. The fraction of sp³-hybridized carbons (Fsp3) is 0.611. The van der Waals surface area contributed by atoms with E-state index < -0.39 is 10.0 Å².